The molecule has 1 aliphatic carbocycles. The molecule has 92 valence electrons. The predicted octanol–water partition coefficient (Wildman–Crippen LogP) is 1.93. The van der Waals surface area contributed by atoms with Crippen LogP contribution in [0.15, 0.2) is 12.7 Å². The number of nitrogens with zero attached hydrogens (tertiary/aromatic N) is 1. The molecule has 1 amide bonds. The van der Waals surface area contributed by atoms with Crippen molar-refractivity contribution in [3.63, 3.8) is 0 Å². The Morgan fingerprint density at radius 2 is 1.94 bits per heavy atom. The molecule has 0 aromatic heterocycles. The molecule has 0 heterocycles. The van der Waals surface area contributed by atoms with E-state index in [0.29, 0.717) is 12.6 Å². The van der Waals surface area contributed by atoms with Crippen LogP contribution >= 0.6 is 0 Å². The van der Waals surface area contributed by atoms with Crippen LogP contribution in [0.25, 0.3) is 0 Å². The molecule has 3 heteroatoms. The second kappa shape index (κ2) is 4.21. The first kappa shape index (κ1) is 13.2. The van der Waals surface area contributed by atoms with Crippen molar-refractivity contribution in [1.82, 2.24) is 4.90 Å². The Morgan fingerprint density at radius 3 is 2.25 bits per heavy atom. The fourth-order valence-electron chi connectivity index (χ4n) is 1.56. The molecule has 2 N–H and O–H groups in total. The number of hydrogen-bond donors (Lipinski definition) is 1. The monoisotopic (exact) mass is 224 g/mol. The molecule has 0 unspecified atom stereocenters. The van der Waals surface area contributed by atoms with Crippen LogP contribution in [0, 0.1) is 5.41 Å². The van der Waals surface area contributed by atoms with Crippen molar-refractivity contribution in [2.45, 2.75) is 52.1 Å². The second-order valence-corrected chi connectivity index (χ2v) is 5.82. The second-order valence-electron chi connectivity index (χ2n) is 5.82. The van der Waals surface area contributed by atoms with Gasteiger partial charge < -0.3 is 10.6 Å². The van der Waals surface area contributed by atoms with E-state index in [0.717, 1.165) is 12.8 Å². The van der Waals surface area contributed by atoms with Crippen molar-refractivity contribution in [2.75, 3.05) is 6.54 Å². The summed E-state index contributed by atoms with van der Waals surface area (Å²) in [4.78, 5) is 14.4. The first-order chi connectivity index (χ1) is 7.21. The summed E-state index contributed by atoms with van der Waals surface area (Å²) in [5.41, 5.74) is 5.04. The molecule has 0 bridgehead atoms. The highest BCUT2D eigenvalue weighted by molar-refractivity contribution is 5.84. The average molecular weight is 224 g/mol. The number of nitrogens with two attached hydrogens (primary N) is 1. The topological polar surface area (TPSA) is 46.3 Å². The molecule has 3 nitrogen and oxygen atoms in total. The van der Waals surface area contributed by atoms with Crippen LogP contribution in [0.1, 0.15) is 40.5 Å². The molecular formula is C13H24N2O. The lowest BCUT2D eigenvalue weighted by atomic mass is 9.74. The summed E-state index contributed by atoms with van der Waals surface area (Å²) in [5.74, 6) is 0.141. The minimum Gasteiger partial charge on any atom is -0.335 e. The van der Waals surface area contributed by atoms with E-state index < -0.39 is 11.0 Å². The van der Waals surface area contributed by atoms with Gasteiger partial charge in [0.1, 0.15) is 0 Å². The lowest BCUT2D eigenvalue weighted by molar-refractivity contribution is -0.143. The summed E-state index contributed by atoms with van der Waals surface area (Å²) in [7, 11) is 0. The maximum atomic E-state index is 12.5. The summed E-state index contributed by atoms with van der Waals surface area (Å²) in [6.45, 7) is 12.0. The lowest BCUT2D eigenvalue weighted by Crippen LogP contribution is -2.57. The van der Waals surface area contributed by atoms with Gasteiger partial charge in [0.2, 0.25) is 5.91 Å². The third kappa shape index (κ3) is 2.46. The van der Waals surface area contributed by atoms with Gasteiger partial charge in [0.25, 0.3) is 0 Å². The standard InChI is InChI=1S/C13H24N2O/c1-6-9-15(10-7-8-10)11(16)12(2,3)13(4,5)14/h6,10H,1,7-9,14H2,2-5H3. The van der Waals surface area contributed by atoms with Gasteiger partial charge in [-0.1, -0.05) is 6.08 Å². The zero-order chi connectivity index (χ0) is 12.6. The van der Waals surface area contributed by atoms with Gasteiger partial charge >= 0.3 is 0 Å². The van der Waals surface area contributed by atoms with Crippen LogP contribution in [0.2, 0.25) is 0 Å². The van der Waals surface area contributed by atoms with E-state index in [-0.39, 0.29) is 5.91 Å². The minimum atomic E-state index is -0.543. The van der Waals surface area contributed by atoms with Gasteiger partial charge in [0.05, 0.1) is 5.41 Å². The highest BCUT2D eigenvalue weighted by atomic mass is 16.2. The fraction of sp³-hybridized carbons (Fsp3) is 0.769. The van der Waals surface area contributed by atoms with E-state index in [9.17, 15) is 4.79 Å². The Balaban J connectivity index is 2.85. The van der Waals surface area contributed by atoms with Crippen molar-refractivity contribution in [3.05, 3.63) is 12.7 Å². The Hall–Kier alpha value is -0.830. The first-order valence-electron chi connectivity index (χ1n) is 5.92. The molecule has 0 saturated heterocycles. The van der Waals surface area contributed by atoms with Crippen LogP contribution in [0.3, 0.4) is 0 Å². The molecule has 1 rings (SSSR count). The third-order valence-corrected chi connectivity index (χ3v) is 3.72. The zero-order valence-corrected chi connectivity index (χ0v) is 10.9. The van der Waals surface area contributed by atoms with Crippen molar-refractivity contribution >= 4 is 5.91 Å². The minimum absolute atomic E-state index is 0.141. The average Bonchev–Trinajstić information content (AvgIpc) is 2.94. The highest BCUT2D eigenvalue weighted by Crippen LogP contribution is 2.35. The Kier molecular flexibility index (Phi) is 3.48. The van der Waals surface area contributed by atoms with E-state index in [2.05, 4.69) is 6.58 Å². The number of hydrogen-bond acceptors (Lipinski definition) is 2. The van der Waals surface area contributed by atoms with Crippen LogP contribution in [0.5, 0.6) is 0 Å². The van der Waals surface area contributed by atoms with E-state index >= 15 is 0 Å². The van der Waals surface area contributed by atoms with Gasteiger partial charge in [-0.2, -0.15) is 0 Å². The van der Waals surface area contributed by atoms with Crippen LogP contribution in [-0.4, -0.2) is 28.9 Å². The predicted molar refractivity (Wildman–Crippen MR) is 67.0 cm³/mol. The van der Waals surface area contributed by atoms with Gasteiger partial charge in [-0.05, 0) is 40.5 Å². The summed E-state index contributed by atoms with van der Waals surface area (Å²) in [6, 6.07) is 0.409. The normalized spacial score (nSPS) is 17.1. The lowest BCUT2D eigenvalue weighted by Gasteiger charge is -2.40. The number of amides is 1. The zero-order valence-electron chi connectivity index (χ0n) is 10.9. The first-order valence-corrected chi connectivity index (χ1v) is 5.92. The van der Waals surface area contributed by atoms with Crippen LogP contribution in [-0.2, 0) is 4.79 Å². The summed E-state index contributed by atoms with van der Waals surface area (Å²) >= 11 is 0. The summed E-state index contributed by atoms with van der Waals surface area (Å²) < 4.78 is 0. The van der Waals surface area contributed by atoms with Crippen molar-refractivity contribution in [3.8, 4) is 0 Å². The smallest absolute Gasteiger partial charge is 0.230 e. The molecule has 0 spiro atoms. The molecule has 1 saturated carbocycles. The quantitative estimate of drug-likeness (QED) is 0.725. The molecule has 0 atom stereocenters. The maximum absolute atomic E-state index is 12.5. The van der Waals surface area contributed by atoms with E-state index in [1.54, 1.807) is 6.08 Å². The SMILES string of the molecule is C=CCN(C(=O)C(C)(C)C(C)(C)N)C1CC1. The van der Waals surface area contributed by atoms with E-state index in [4.69, 9.17) is 5.73 Å². The van der Waals surface area contributed by atoms with Gasteiger partial charge in [-0.25, -0.2) is 0 Å². The molecule has 0 aromatic carbocycles. The van der Waals surface area contributed by atoms with Gasteiger partial charge in [-0.3, -0.25) is 4.79 Å². The molecular weight excluding hydrogens is 200 g/mol. The number of rotatable bonds is 5. The van der Waals surface area contributed by atoms with Gasteiger partial charge in [0, 0.05) is 18.1 Å². The van der Waals surface area contributed by atoms with Crippen molar-refractivity contribution in [2.24, 2.45) is 11.1 Å². The molecule has 0 aromatic rings. The number of carbonyl (C=O) groups excluding carboxylic acids is 1. The van der Waals surface area contributed by atoms with Gasteiger partial charge in [-0.15, -0.1) is 6.58 Å². The van der Waals surface area contributed by atoms with Crippen LogP contribution in [0.4, 0.5) is 0 Å². The number of carbonyl (C=O) groups is 1. The Morgan fingerprint density at radius 1 is 1.44 bits per heavy atom. The van der Waals surface area contributed by atoms with Crippen molar-refractivity contribution < 1.29 is 4.79 Å². The van der Waals surface area contributed by atoms with Gasteiger partial charge in [0.15, 0.2) is 0 Å². The highest BCUT2D eigenvalue weighted by Gasteiger charge is 2.45. The Bertz CT molecular complexity index is 285. The van der Waals surface area contributed by atoms with Crippen molar-refractivity contribution in [1.29, 1.82) is 0 Å². The molecule has 1 fully saturated rings. The third-order valence-electron chi connectivity index (χ3n) is 3.72. The fourth-order valence-corrected chi connectivity index (χ4v) is 1.56. The summed E-state index contributed by atoms with van der Waals surface area (Å²) in [5, 5.41) is 0. The maximum Gasteiger partial charge on any atom is 0.230 e. The molecule has 16 heavy (non-hydrogen) atoms. The summed E-state index contributed by atoms with van der Waals surface area (Å²) in [6.07, 6.45) is 4.01. The van der Waals surface area contributed by atoms with Crippen LogP contribution < -0.4 is 5.73 Å². The molecule has 1 aliphatic rings. The van der Waals surface area contributed by atoms with E-state index in [1.807, 2.05) is 32.6 Å². The largest absolute Gasteiger partial charge is 0.335 e. The van der Waals surface area contributed by atoms with E-state index in [1.165, 1.54) is 0 Å². The molecule has 0 radical (unpaired) electrons. The Labute approximate surface area is 98.7 Å². The molecule has 0 aliphatic heterocycles.